The van der Waals surface area contributed by atoms with E-state index in [1.165, 1.54) is 18.4 Å². The van der Waals surface area contributed by atoms with Gasteiger partial charge in [0, 0.05) is 31.2 Å². The molecule has 0 saturated carbocycles. The third kappa shape index (κ3) is 2.25. The van der Waals surface area contributed by atoms with Crippen LogP contribution >= 0.6 is 0 Å². The van der Waals surface area contributed by atoms with Gasteiger partial charge in [-0.2, -0.15) is 0 Å². The molecule has 0 aromatic heterocycles. The molecule has 1 aromatic rings. The van der Waals surface area contributed by atoms with E-state index < -0.39 is 0 Å². The van der Waals surface area contributed by atoms with Crippen molar-refractivity contribution in [1.29, 1.82) is 0 Å². The van der Waals surface area contributed by atoms with Gasteiger partial charge in [-0.15, -0.1) is 0 Å². The van der Waals surface area contributed by atoms with Crippen LogP contribution in [0.2, 0.25) is 0 Å². The third-order valence-electron chi connectivity index (χ3n) is 4.04. The molecule has 98 valence electrons. The van der Waals surface area contributed by atoms with Crippen molar-refractivity contribution in [2.24, 2.45) is 0 Å². The first-order valence-electron chi connectivity index (χ1n) is 7.07. The number of rotatable bonds is 3. The summed E-state index contributed by atoms with van der Waals surface area (Å²) in [5.41, 5.74) is 1.37. The minimum atomic E-state index is 0.461. The van der Waals surface area contributed by atoms with Crippen LogP contribution < -0.4 is 10.1 Å². The molecule has 0 amide bonds. The molecule has 2 heterocycles. The minimum absolute atomic E-state index is 0.461. The summed E-state index contributed by atoms with van der Waals surface area (Å²) in [6, 6.07) is 9.58. The smallest absolute Gasteiger partial charge is 0.124 e. The molecule has 0 aliphatic carbocycles. The first-order chi connectivity index (χ1) is 8.88. The number of hydrogen-bond acceptors (Lipinski definition) is 3. The fourth-order valence-corrected chi connectivity index (χ4v) is 3.12. The second-order valence-corrected chi connectivity index (χ2v) is 5.30. The summed E-state index contributed by atoms with van der Waals surface area (Å²) >= 11 is 0. The highest BCUT2D eigenvalue weighted by molar-refractivity contribution is 5.39. The number of hydrogen-bond donors (Lipinski definition) is 1. The first-order valence-corrected chi connectivity index (χ1v) is 7.07. The van der Waals surface area contributed by atoms with E-state index in [9.17, 15) is 0 Å². The number of fused-ring (bicyclic) bond motifs is 1. The molecule has 0 radical (unpaired) electrons. The lowest BCUT2D eigenvalue weighted by Crippen LogP contribution is -2.51. The van der Waals surface area contributed by atoms with E-state index in [4.69, 9.17) is 4.74 Å². The molecule has 2 atom stereocenters. The molecule has 0 spiro atoms. The zero-order chi connectivity index (χ0) is 12.4. The molecular weight excluding hydrogens is 224 g/mol. The topological polar surface area (TPSA) is 24.5 Å². The average Bonchev–Trinajstić information content (AvgIpc) is 2.83. The van der Waals surface area contributed by atoms with Crippen LogP contribution in [0.25, 0.3) is 0 Å². The third-order valence-corrected chi connectivity index (χ3v) is 4.04. The molecule has 1 saturated heterocycles. The number of piperazine rings is 1. The summed E-state index contributed by atoms with van der Waals surface area (Å²) in [7, 11) is 0. The Bertz CT molecular complexity index is 405. The van der Waals surface area contributed by atoms with Crippen LogP contribution in [0.4, 0.5) is 0 Å². The van der Waals surface area contributed by atoms with Gasteiger partial charge in [-0.05, 0) is 12.5 Å². The first kappa shape index (κ1) is 12.0. The van der Waals surface area contributed by atoms with Crippen LogP contribution in [0.1, 0.15) is 31.4 Å². The maximum atomic E-state index is 5.80. The van der Waals surface area contributed by atoms with Crippen molar-refractivity contribution in [2.75, 3.05) is 26.2 Å². The number of ether oxygens (including phenoxy) is 1. The van der Waals surface area contributed by atoms with E-state index in [0.717, 1.165) is 32.0 Å². The van der Waals surface area contributed by atoms with Gasteiger partial charge in [0.05, 0.1) is 6.04 Å². The average molecular weight is 246 g/mol. The van der Waals surface area contributed by atoms with Gasteiger partial charge in [0.2, 0.25) is 0 Å². The summed E-state index contributed by atoms with van der Waals surface area (Å²) in [5.74, 6) is 1.08. The predicted octanol–water partition coefficient (Wildman–Crippen LogP) is 2.19. The van der Waals surface area contributed by atoms with E-state index in [0.29, 0.717) is 12.1 Å². The van der Waals surface area contributed by atoms with Gasteiger partial charge in [0.1, 0.15) is 12.4 Å². The van der Waals surface area contributed by atoms with E-state index in [2.05, 4.69) is 41.4 Å². The molecule has 0 bridgehead atoms. The maximum absolute atomic E-state index is 5.80. The Balaban J connectivity index is 1.72. The zero-order valence-electron chi connectivity index (χ0n) is 11.1. The molecule has 2 unspecified atom stereocenters. The Kier molecular flexibility index (Phi) is 3.52. The SMILES string of the molecule is CCCC1CN(C2COc3ccccc32)CCN1. The Morgan fingerprint density at radius 1 is 1.39 bits per heavy atom. The molecule has 2 aliphatic heterocycles. The van der Waals surface area contributed by atoms with Crippen molar-refractivity contribution in [2.45, 2.75) is 31.8 Å². The van der Waals surface area contributed by atoms with Gasteiger partial charge >= 0.3 is 0 Å². The molecule has 1 aromatic carbocycles. The molecule has 1 fully saturated rings. The van der Waals surface area contributed by atoms with Crippen LogP contribution in [0, 0.1) is 0 Å². The van der Waals surface area contributed by atoms with E-state index in [-0.39, 0.29) is 0 Å². The fraction of sp³-hybridized carbons (Fsp3) is 0.600. The van der Waals surface area contributed by atoms with Gasteiger partial charge in [-0.1, -0.05) is 31.5 Å². The standard InChI is InChI=1S/C15H22N2O/c1-2-5-12-10-17(9-8-16-12)14-11-18-15-7-4-3-6-13(14)15/h3-4,6-7,12,14,16H,2,5,8-11H2,1H3. The second kappa shape index (κ2) is 5.29. The predicted molar refractivity (Wildman–Crippen MR) is 72.9 cm³/mol. The van der Waals surface area contributed by atoms with Gasteiger partial charge in [-0.25, -0.2) is 0 Å². The molecule has 3 nitrogen and oxygen atoms in total. The lowest BCUT2D eigenvalue weighted by molar-refractivity contribution is 0.120. The number of para-hydroxylation sites is 1. The maximum Gasteiger partial charge on any atom is 0.124 e. The molecule has 3 rings (SSSR count). The van der Waals surface area contributed by atoms with E-state index >= 15 is 0 Å². The van der Waals surface area contributed by atoms with Crippen LogP contribution in [0.5, 0.6) is 5.75 Å². The lowest BCUT2D eigenvalue weighted by atomic mass is 10.0. The second-order valence-electron chi connectivity index (χ2n) is 5.30. The zero-order valence-corrected chi connectivity index (χ0v) is 11.1. The fourth-order valence-electron chi connectivity index (χ4n) is 3.12. The normalized spacial score (nSPS) is 27.8. The minimum Gasteiger partial charge on any atom is -0.491 e. The number of nitrogens with zero attached hydrogens (tertiary/aromatic N) is 1. The molecule has 2 aliphatic rings. The molecule has 3 heteroatoms. The lowest BCUT2D eigenvalue weighted by Gasteiger charge is -2.37. The van der Waals surface area contributed by atoms with Gasteiger partial charge < -0.3 is 10.1 Å². The quantitative estimate of drug-likeness (QED) is 0.885. The van der Waals surface area contributed by atoms with Crippen LogP contribution in [0.3, 0.4) is 0 Å². The highest BCUT2D eigenvalue weighted by Gasteiger charge is 2.31. The van der Waals surface area contributed by atoms with Crippen molar-refractivity contribution in [3.05, 3.63) is 29.8 Å². The van der Waals surface area contributed by atoms with Crippen molar-refractivity contribution >= 4 is 0 Å². The van der Waals surface area contributed by atoms with Crippen LogP contribution in [-0.4, -0.2) is 37.2 Å². The van der Waals surface area contributed by atoms with Gasteiger partial charge in [0.25, 0.3) is 0 Å². The number of benzene rings is 1. The van der Waals surface area contributed by atoms with Crippen LogP contribution in [-0.2, 0) is 0 Å². The Labute approximate surface area is 109 Å². The highest BCUT2D eigenvalue weighted by Crippen LogP contribution is 2.36. The number of nitrogens with one attached hydrogen (secondary N) is 1. The van der Waals surface area contributed by atoms with Crippen molar-refractivity contribution in [3.8, 4) is 5.75 Å². The summed E-state index contributed by atoms with van der Waals surface area (Å²) < 4.78 is 5.80. The Hall–Kier alpha value is -1.06. The van der Waals surface area contributed by atoms with Gasteiger partial charge in [0.15, 0.2) is 0 Å². The molecule has 1 N–H and O–H groups in total. The molecule has 18 heavy (non-hydrogen) atoms. The Morgan fingerprint density at radius 2 is 2.28 bits per heavy atom. The van der Waals surface area contributed by atoms with E-state index in [1.54, 1.807) is 0 Å². The largest absolute Gasteiger partial charge is 0.491 e. The summed E-state index contributed by atoms with van der Waals surface area (Å²) in [5, 5.41) is 3.61. The van der Waals surface area contributed by atoms with Crippen molar-refractivity contribution in [3.63, 3.8) is 0 Å². The van der Waals surface area contributed by atoms with Crippen molar-refractivity contribution in [1.82, 2.24) is 10.2 Å². The van der Waals surface area contributed by atoms with Crippen molar-refractivity contribution < 1.29 is 4.74 Å². The summed E-state index contributed by atoms with van der Waals surface area (Å²) in [6.45, 7) is 6.45. The monoisotopic (exact) mass is 246 g/mol. The summed E-state index contributed by atoms with van der Waals surface area (Å²) in [4.78, 5) is 2.59. The molecular formula is C15H22N2O. The van der Waals surface area contributed by atoms with E-state index in [1.807, 2.05) is 0 Å². The summed E-state index contributed by atoms with van der Waals surface area (Å²) in [6.07, 6.45) is 2.52. The van der Waals surface area contributed by atoms with Gasteiger partial charge in [-0.3, -0.25) is 4.90 Å². The highest BCUT2D eigenvalue weighted by atomic mass is 16.5. The van der Waals surface area contributed by atoms with Crippen LogP contribution in [0.15, 0.2) is 24.3 Å². The Morgan fingerprint density at radius 3 is 3.17 bits per heavy atom.